The number of fused-ring (bicyclic) bond motifs is 3. The van der Waals surface area contributed by atoms with Crippen LogP contribution in [0.2, 0.25) is 0 Å². The molecule has 4 aromatic rings. The minimum Gasteiger partial charge on any atom is -0.494 e. The fourth-order valence-electron chi connectivity index (χ4n) is 5.37. The molecule has 2 aliphatic rings. The molecule has 1 heterocycles. The van der Waals surface area contributed by atoms with E-state index in [0.717, 1.165) is 54.2 Å². The highest BCUT2D eigenvalue weighted by Gasteiger charge is 2.23. The standard InChI is InChI=1S/C36H32F2O7/c37-22-43-27-10-15-33(34(38)20-27)36(40)45-29-12-14-32-25(19-29)17-24-18-28(11-13-31(24)32)44-35(39)23-6-8-26(9-7-23)41-16-4-2-1-3-5-30-21-42-30/h6-15,18-20,30H,1-5,16-17,21-22H2. The van der Waals surface area contributed by atoms with E-state index in [0.29, 0.717) is 36.2 Å². The van der Waals surface area contributed by atoms with Crippen LogP contribution in [0, 0.1) is 5.82 Å². The number of unbranched alkanes of at least 4 members (excludes halogenated alkanes) is 3. The molecule has 1 saturated heterocycles. The van der Waals surface area contributed by atoms with Gasteiger partial charge in [-0.05, 0) is 102 Å². The molecule has 1 atom stereocenters. The minimum atomic E-state index is -1.10. The second-order valence-electron chi connectivity index (χ2n) is 11.0. The van der Waals surface area contributed by atoms with Crippen LogP contribution in [0.25, 0.3) is 11.1 Å². The Bertz CT molecular complexity index is 1680. The Balaban J connectivity index is 1.01. The fourth-order valence-corrected chi connectivity index (χ4v) is 5.37. The smallest absolute Gasteiger partial charge is 0.346 e. The van der Waals surface area contributed by atoms with E-state index in [1.807, 2.05) is 18.2 Å². The number of esters is 2. The maximum atomic E-state index is 14.3. The van der Waals surface area contributed by atoms with Gasteiger partial charge in [0.15, 0.2) is 0 Å². The van der Waals surface area contributed by atoms with Gasteiger partial charge in [0.05, 0.1) is 30.4 Å². The maximum absolute atomic E-state index is 14.3. The Labute approximate surface area is 259 Å². The Morgan fingerprint density at radius 1 is 0.711 bits per heavy atom. The second kappa shape index (κ2) is 13.9. The molecule has 1 unspecified atom stereocenters. The van der Waals surface area contributed by atoms with Crippen LogP contribution in [0.1, 0.15) is 63.9 Å². The van der Waals surface area contributed by atoms with Crippen LogP contribution in [-0.4, -0.2) is 38.1 Å². The number of carbonyl (C=O) groups excluding carboxylic acids is 2. The Morgan fingerprint density at radius 3 is 1.98 bits per heavy atom. The lowest BCUT2D eigenvalue weighted by Crippen LogP contribution is -2.11. The van der Waals surface area contributed by atoms with Crippen molar-refractivity contribution in [1.82, 2.24) is 0 Å². The molecule has 0 N–H and O–H groups in total. The van der Waals surface area contributed by atoms with Crippen LogP contribution in [0.4, 0.5) is 8.78 Å². The quantitative estimate of drug-likeness (QED) is 0.0545. The van der Waals surface area contributed by atoms with Gasteiger partial charge in [-0.3, -0.25) is 0 Å². The molecule has 0 spiro atoms. The highest BCUT2D eigenvalue weighted by molar-refractivity contribution is 5.92. The molecule has 4 aromatic carbocycles. The van der Waals surface area contributed by atoms with Gasteiger partial charge in [0.25, 0.3) is 0 Å². The molecule has 1 fully saturated rings. The summed E-state index contributed by atoms with van der Waals surface area (Å²) >= 11 is 0. The summed E-state index contributed by atoms with van der Waals surface area (Å²) in [5, 5.41) is 0. The zero-order valence-electron chi connectivity index (χ0n) is 24.6. The maximum Gasteiger partial charge on any atom is 0.346 e. The highest BCUT2D eigenvalue weighted by Crippen LogP contribution is 2.40. The van der Waals surface area contributed by atoms with Gasteiger partial charge >= 0.3 is 11.9 Å². The third kappa shape index (κ3) is 7.67. The molecule has 1 aliphatic carbocycles. The largest absolute Gasteiger partial charge is 0.494 e. The van der Waals surface area contributed by atoms with E-state index in [9.17, 15) is 18.4 Å². The summed E-state index contributed by atoms with van der Waals surface area (Å²) in [4.78, 5) is 25.4. The summed E-state index contributed by atoms with van der Waals surface area (Å²) in [6.45, 7) is 0.450. The van der Waals surface area contributed by atoms with E-state index in [1.54, 1.807) is 42.5 Å². The lowest BCUT2D eigenvalue weighted by Gasteiger charge is -2.09. The predicted octanol–water partition coefficient (Wildman–Crippen LogP) is 7.87. The van der Waals surface area contributed by atoms with Gasteiger partial charge in [0.1, 0.15) is 28.8 Å². The number of hydrogen-bond donors (Lipinski definition) is 0. The van der Waals surface area contributed by atoms with E-state index < -0.39 is 24.6 Å². The Morgan fingerprint density at radius 2 is 1.33 bits per heavy atom. The van der Waals surface area contributed by atoms with Gasteiger partial charge in [-0.1, -0.05) is 31.4 Å². The van der Waals surface area contributed by atoms with Crippen molar-refractivity contribution in [3.63, 3.8) is 0 Å². The molecule has 7 nitrogen and oxygen atoms in total. The summed E-state index contributed by atoms with van der Waals surface area (Å²) in [7, 11) is 0. The number of rotatable bonds is 14. The summed E-state index contributed by atoms with van der Waals surface area (Å²) in [6, 6.07) is 21.0. The topological polar surface area (TPSA) is 83.6 Å². The Hall–Kier alpha value is -4.76. The predicted molar refractivity (Wildman–Crippen MR) is 162 cm³/mol. The molecule has 9 heteroatoms. The summed E-state index contributed by atoms with van der Waals surface area (Å²) < 4.78 is 53.4. The normalized spacial score (nSPS) is 14.3. The van der Waals surface area contributed by atoms with Crippen LogP contribution in [-0.2, 0) is 11.2 Å². The number of epoxide rings is 1. The Kier molecular flexibility index (Phi) is 9.35. The molecular formula is C36H32F2O7. The molecule has 0 radical (unpaired) electrons. The molecule has 0 aromatic heterocycles. The lowest BCUT2D eigenvalue weighted by atomic mass is 10.1. The van der Waals surface area contributed by atoms with Crippen molar-refractivity contribution in [2.75, 3.05) is 20.1 Å². The fraction of sp³-hybridized carbons (Fsp3) is 0.278. The monoisotopic (exact) mass is 614 g/mol. The van der Waals surface area contributed by atoms with Crippen molar-refractivity contribution in [3.8, 4) is 34.1 Å². The summed E-state index contributed by atoms with van der Waals surface area (Å²) in [6.07, 6.45) is 6.66. The van der Waals surface area contributed by atoms with Gasteiger partial charge in [0.2, 0.25) is 6.86 Å². The molecular weight excluding hydrogens is 582 g/mol. The summed E-state index contributed by atoms with van der Waals surface area (Å²) in [5.41, 5.74) is 3.94. The van der Waals surface area contributed by atoms with Crippen molar-refractivity contribution in [2.24, 2.45) is 0 Å². The molecule has 0 saturated carbocycles. The van der Waals surface area contributed by atoms with E-state index >= 15 is 0 Å². The van der Waals surface area contributed by atoms with E-state index in [2.05, 4.69) is 4.74 Å². The molecule has 45 heavy (non-hydrogen) atoms. The molecule has 0 bridgehead atoms. The molecule has 0 amide bonds. The number of alkyl halides is 1. The van der Waals surface area contributed by atoms with Crippen LogP contribution >= 0.6 is 0 Å². The van der Waals surface area contributed by atoms with Crippen LogP contribution in [0.15, 0.2) is 78.9 Å². The number of benzene rings is 4. The average Bonchev–Trinajstić information content (AvgIpc) is 3.79. The SMILES string of the molecule is O=C(Oc1ccc2c(c1)Cc1cc(OC(=O)c3ccc(OCF)cc3F)ccc1-2)c1ccc(OCCCCCCC2CO2)cc1. The van der Waals surface area contributed by atoms with Crippen molar-refractivity contribution < 1.29 is 42.1 Å². The van der Waals surface area contributed by atoms with E-state index in [1.165, 1.54) is 25.0 Å². The first-order valence-electron chi connectivity index (χ1n) is 15.0. The van der Waals surface area contributed by atoms with Gasteiger partial charge in [-0.25, -0.2) is 18.4 Å². The first-order valence-corrected chi connectivity index (χ1v) is 15.0. The minimum absolute atomic E-state index is 0.0260. The van der Waals surface area contributed by atoms with Gasteiger partial charge < -0.3 is 23.7 Å². The van der Waals surface area contributed by atoms with Crippen molar-refractivity contribution >= 4 is 11.9 Å². The first-order chi connectivity index (χ1) is 22.0. The van der Waals surface area contributed by atoms with Gasteiger partial charge in [-0.2, -0.15) is 0 Å². The van der Waals surface area contributed by atoms with Crippen molar-refractivity contribution in [3.05, 3.63) is 107 Å². The van der Waals surface area contributed by atoms with Crippen molar-refractivity contribution in [2.45, 2.75) is 44.6 Å². The van der Waals surface area contributed by atoms with E-state index in [-0.39, 0.29) is 17.1 Å². The first kappa shape index (κ1) is 30.3. The van der Waals surface area contributed by atoms with Crippen molar-refractivity contribution in [1.29, 1.82) is 0 Å². The lowest BCUT2D eigenvalue weighted by molar-refractivity contribution is 0.0722. The number of ether oxygens (including phenoxy) is 5. The zero-order chi connectivity index (χ0) is 31.2. The van der Waals surface area contributed by atoms with Gasteiger partial charge in [-0.15, -0.1) is 0 Å². The van der Waals surface area contributed by atoms with Crippen LogP contribution in [0.3, 0.4) is 0 Å². The van der Waals surface area contributed by atoms with Gasteiger partial charge in [0, 0.05) is 6.07 Å². The third-order valence-electron chi connectivity index (χ3n) is 7.81. The molecule has 232 valence electrons. The van der Waals surface area contributed by atoms with Crippen LogP contribution < -0.4 is 18.9 Å². The molecule has 1 aliphatic heterocycles. The van der Waals surface area contributed by atoms with E-state index in [4.69, 9.17) is 18.9 Å². The second-order valence-corrected chi connectivity index (χ2v) is 11.0. The molecule has 6 rings (SSSR count). The average molecular weight is 615 g/mol. The highest BCUT2D eigenvalue weighted by atomic mass is 19.1. The number of hydrogen-bond acceptors (Lipinski definition) is 7. The number of carbonyl (C=O) groups is 2. The van der Waals surface area contributed by atoms with Crippen LogP contribution in [0.5, 0.6) is 23.0 Å². The number of halogens is 2. The third-order valence-corrected chi connectivity index (χ3v) is 7.81. The zero-order valence-corrected chi connectivity index (χ0v) is 24.6. The summed E-state index contributed by atoms with van der Waals surface area (Å²) in [5.74, 6) is -0.860.